The molecule has 4 N–H and O–H groups in total. The first-order chi connectivity index (χ1) is 26.7. The van der Waals surface area contributed by atoms with Crippen molar-refractivity contribution in [2.75, 3.05) is 46.7 Å². The summed E-state index contributed by atoms with van der Waals surface area (Å²) < 4.78 is 31.8. The first-order valence-corrected chi connectivity index (χ1v) is 18.6. The van der Waals surface area contributed by atoms with E-state index in [2.05, 4.69) is 29.6 Å². The summed E-state index contributed by atoms with van der Waals surface area (Å²) in [5.41, 5.74) is 5.90. The van der Waals surface area contributed by atoms with Gasteiger partial charge < -0.3 is 33.7 Å². The van der Waals surface area contributed by atoms with Crippen LogP contribution in [0.15, 0.2) is 121 Å². The minimum Gasteiger partial charge on any atom is -0.443 e. The fourth-order valence-electron chi connectivity index (χ4n) is 4.57. The van der Waals surface area contributed by atoms with Gasteiger partial charge in [0, 0.05) is 13.2 Å². The Bertz CT molecular complexity index is 1400. The van der Waals surface area contributed by atoms with Gasteiger partial charge in [0.25, 0.3) is 0 Å². The number of hydrogen-bond donors (Lipinski definition) is 3. The van der Waals surface area contributed by atoms with Crippen LogP contribution in [0.3, 0.4) is 0 Å². The van der Waals surface area contributed by atoms with Crippen molar-refractivity contribution >= 4 is 11.9 Å². The number of ether oxygens (including phenoxy) is 6. The monoisotopic (exact) mass is 775 g/mol. The number of hydrogen-bond acceptors (Lipinski definition) is 10. The van der Waals surface area contributed by atoms with Gasteiger partial charge >= 0.3 is 6.09 Å². The average Bonchev–Trinajstić information content (AvgIpc) is 3.80. The van der Waals surface area contributed by atoms with Crippen molar-refractivity contribution in [2.24, 2.45) is 5.84 Å². The zero-order valence-electron chi connectivity index (χ0n) is 33.0. The minimum atomic E-state index is -0.609. The lowest BCUT2D eigenvalue weighted by atomic mass is 10.2. The predicted octanol–water partition coefficient (Wildman–Crippen LogP) is 7.81. The summed E-state index contributed by atoms with van der Waals surface area (Å²) >= 11 is 0. The van der Waals surface area contributed by atoms with Gasteiger partial charge in [-0.3, -0.25) is 10.2 Å². The molecule has 1 aliphatic heterocycles. The summed E-state index contributed by atoms with van der Waals surface area (Å²) in [7, 11) is 1.93. The van der Waals surface area contributed by atoms with E-state index in [1.807, 2.05) is 110 Å². The number of benzene rings is 4. The van der Waals surface area contributed by atoms with Crippen LogP contribution in [0.5, 0.6) is 0 Å². The normalized spacial score (nSPS) is 11.7. The van der Waals surface area contributed by atoms with Crippen LogP contribution in [0.4, 0.5) is 4.79 Å². The van der Waals surface area contributed by atoms with Gasteiger partial charge in [-0.2, -0.15) is 0 Å². The van der Waals surface area contributed by atoms with Gasteiger partial charge in [-0.1, -0.05) is 129 Å². The van der Waals surface area contributed by atoms with Gasteiger partial charge in [-0.25, -0.2) is 10.6 Å². The lowest BCUT2D eigenvalue weighted by Crippen LogP contribution is -2.36. The second-order valence-corrected chi connectivity index (χ2v) is 13.4. The second-order valence-electron chi connectivity index (χ2n) is 13.4. The van der Waals surface area contributed by atoms with Gasteiger partial charge in [0.1, 0.15) is 18.8 Å². The molecule has 11 nitrogen and oxygen atoms in total. The molecular weight excluding hydrogens is 711 g/mol. The Kier molecular flexibility index (Phi) is 28.1. The fourth-order valence-corrected chi connectivity index (χ4v) is 4.57. The van der Waals surface area contributed by atoms with E-state index in [-0.39, 0.29) is 32.5 Å². The number of hydrazine groups is 1. The van der Waals surface area contributed by atoms with Crippen molar-refractivity contribution in [3.63, 3.8) is 0 Å². The summed E-state index contributed by atoms with van der Waals surface area (Å²) in [6.07, 6.45) is 1.95. The summed E-state index contributed by atoms with van der Waals surface area (Å²) in [5.74, 6) is 4.71. The Balaban J connectivity index is 0.000000414. The number of carbonyl (C=O) groups excluding carboxylic acids is 2. The maximum atomic E-state index is 11.6. The molecule has 0 aromatic heterocycles. The molecule has 0 saturated carbocycles. The quantitative estimate of drug-likeness (QED) is 0.0553. The third kappa shape index (κ3) is 27.2. The summed E-state index contributed by atoms with van der Waals surface area (Å²) in [6, 6.07) is 40.2. The first kappa shape index (κ1) is 49.6. The zero-order valence-corrected chi connectivity index (χ0v) is 33.0. The number of likely N-dealkylation sites (N-methyl/N-ethyl adjacent to an activating group) is 1. The molecule has 0 radical (unpaired) electrons. The van der Waals surface area contributed by atoms with Crippen molar-refractivity contribution in [3.8, 4) is 0 Å². The molecule has 4 aromatic rings. The molecule has 308 valence electrons. The number of Topliss-reactive ketones (excluding diaryl/α,β-unsaturated/α-hetero) is 1. The highest BCUT2D eigenvalue weighted by atomic mass is 16.6. The molecular formula is C45H65N3O8. The second kappa shape index (κ2) is 31.7. The maximum absolute atomic E-state index is 11.6. The Morgan fingerprint density at radius 1 is 0.625 bits per heavy atom. The largest absolute Gasteiger partial charge is 0.443 e. The molecule has 0 atom stereocenters. The Morgan fingerprint density at radius 3 is 1.21 bits per heavy atom. The van der Waals surface area contributed by atoms with Crippen LogP contribution in [-0.4, -0.2) is 70.2 Å². The predicted molar refractivity (Wildman–Crippen MR) is 223 cm³/mol. The molecule has 1 fully saturated rings. The van der Waals surface area contributed by atoms with E-state index in [4.69, 9.17) is 34.3 Å². The maximum Gasteiger partial charge on any atom is 0.421 e. The number of carbonyl (C=O) groups is 2. The molecule has 56 heavy (non-hydrogen) atoms. The van der Waals surface area contributed by atoms with E-state index in [1.165, 1.54) is 24.0 Å². The average molecular weight is 776 g/mol. The van der Waals surface area contributed by atoms with Gasteiger partial charge in [0.2, 0.25) is 0 Å². The van der Waals surface area contributed by atoms with Crippen molar-refractivity contribution in [1.82, 2.24) is 10.7 Å². The SMILES string of the molecule is C.C1CCOC1.CC(C)(C)OC(=O)NN.CNC(COCc1ccccc1)COCc1ccccc1.O=C(COCc1ccccc1)COCc1ccccc1. The molecule has 0 spiro atoms. The third-order valence-corrected chi connectivity index (χ3v) is 7.36. The van der Waals surface area contributed by atoms with E-state index in [9.17, 15) is 9.59 Å². The van der Waals surface area contributed by atoms with Gasteiger partial charge in [0.15, 0.2) is 5.78 Å². The van der Waals surface area contributed by atoms with Crippen LogP contribution in [0.2, 0.25) is 0 Å². The number of amides is 1. The Labute approximate surface area is 335 Å². The standard InChI is InChI=1S/C18H23NO2.C17H18O3.C5H12N2O2.C4H8O.CH4/c1-19-18(14-20-12-16-8-4-2-5-9-16)15-21-13-17-10-6-3-7-11-17;18-17(13-19-11-15-7-3-1-4-8-15)14-20-12-16-9-5-2-6-10-16;1-5(2,3)9-4(8)7-6;1-2-4-5-3-1;/h2-11,18-19H,12-15H2,1H3;1-10H,11-14H2;6H2,1-3H3,(H,7,8);1-4H2;1H4. The number of nitrogens with two attached hydrogens (primary N) is 1. The van der Waals surface area contributed by atoms with Crippen LogP contribution in [-0.2, 0) is 59.6 Å². The molecule has 1 saturated heterocycles. The van der Waals surface area contributed by atoms with E-state index >= 15 is 0 Å². The zero-order chi connectivity index (χ0) is 39.8. The van der Waals surface area contributed by atoms with E-state index in [0.29, 0.717) is 39.6 Å². The van der Waals surface area contributed by atoms with Crippen molar-refractivity contribution in [3.05, 3.63) is 144 Å². The minimum absolute atomic E-state index is 0. The van der Waals surface area contributed by atoms with E-state index in [1.54, 1.807) is 20.8 Å². The smallest absolute Gasteiger partial charge is 0.421 e. The van der Waals surface area contributed by atoms with Crippen LogP contribution in [0, 0.1) is 0 Å². The summed E-state index contributed by atoms with van der Waals surface area (Å²) in [6.45, 7) is 10.9. The molecule has 5 rings (SSSR count). The molecule has 1 aliphatic rings. The van der Waals surface area contributed by atoms with Gasteiger partial charge in [0.05, 0.1) is 45.7 Å². The third-order valence-electron chi connectivity index (χ3n) is 7.36. The number of ketones is 1. The van der Waals surface area contributed by atoms with Gasteiger partial charge in [-0.05, 0) is 62.9 Å². The Hall–Kier alpha value is -4.46. The highest BCUT2D eigenvalue weighted by Gasteiger charge is 2.14. The molecule has 1 amide bonds. The molecule has 0 unspecified atom stereocenters. The molecule has 0 aliphatic carbocycles. The van der Waals surface area contributed by atoms with Crippen LogP contribution >= 0.6 is 0 Å². The molecule has 1 heterocycles. The lowest BCUT2D eigenvalue weighted by molar-refractivity contribution is -0.129. The summed E-state index contributed by atoms with van der Waals surface area (Å²) in [4.78, 5) is 21.9. The number of nitrogens with one attached hydrogen (secondary N) is 2. The number of rotatable bonds is 17. The lowest BCUT2D eigenvalue weighted by Gasteiger charge is -2.18. The van der Waals surface area contributed by atoms with Gasteiger partial charge in [-0.15, -0.1) is 0 Å². The van der Waals surface area contributed by atoms with E-state index in [0.717, 1.165) is 24.3 Å². The topological polar surface area (TPSA) is 140 Å². The molecule has 4 aromatic carbocycles. The highest BCUT2D eigenvalue weighted by Crippen LogP contribution is 2.06. The molecule has 0 bridgehead atoms. The van der Waals surface area contributed by atoms with Crippen molar-refractivity contribution in [1.29, 1.82) is 0 Å². The van der Waals surface area contributed by atoms with Crippen LogP contribution < -0.4 is 16.6 Å². The van der Waals surface area contributed by atoms with Crippen molar-refractivity contribution < 1.29 is 38.0 Å². The highest BCUT2D eigenvalue weighted by molar-refractivity contribution is 5.80. The van der Waals surface area contributed by atoms with Crippen LogP contribution in [0.25, 0.3) is 0 Å². The van der Waals surface area contributed by atoms with Crippen molar-refractivity contribution in [2.45, 2.75) is 79.1 Å². The fraction of sp³-hybridized carbons (Fsp3) is 0.422. The molecule has 11 heteroatoms. The Morgan fingerprint density at radius 2 is 0.964 bits per heavy atom. The van der Waals surface area contributed by atoms with E-state index < -0.39 is 11.7 Å². The van der Waals surface area contributed by atoms with Crippen LogP contribution in [0.1, 0.15) is 63.3 Å². The summed E-state index contributed by atoms with van der Waals surface area (Å²) in [5, 5.41) is 3.22. The first-order valence-electron chi connectivity index (χ1n) is 18.6.